The number of carbonyl (C=O) groups is 1. The van der Waals surface area contributed by atoms with Crippen molar-refractivity contribution in [2.75, 3.05) is 6.61 Å². The highest BCUT2D eigenvalue weighted by Gasteiger charge is 2.13. The van der Waals surface area contributed by atoms with Gasteiger partial charge in [-0.3, -0.25) is 0 Å². The molecule has 1 N–H and O–H groups in total. The molecule has 5 aromatic carbocycles. The lowest BCUT2D eigenvalue weighted by Gasteiger charge is -2.16. The van der Waals surface area contributed by atoms with Crippen LogP contribution in [0, 0.1) is 0 Å². The Morgan fingerprint density at radius 2 is 1.37 bits per heavy atom. The predicted octanol–water partition coefficient (Wildman–Crippen LogP) is 7.15. The van der Waals surface area contributed by atoms with Crippen LogP contribution in [0.2, 0.25) is 0 Å². The molecule has 0 atom stereocenters. The van der Waals surface area contributed by atoms with Crippen LogP contribution in [0.15, 0.2) is 115 Å². The molecule has 172 valence electrons. The molecule has 3 nitrogen and oxygen atoms in total. The summed E-state index contributed by atoms with van der Waals surface area (Å²) in [6.45, 7) is -0.369. The standard InChI is InChI=1S/C32H26O3/c33-32(34)22-35-31-18-17-27(30-16-7-5-12-25(30)19-23-9-2-1-3-10-23)21-28(31)20-26-14-8-13-24-11-4-6-15-29(24)26/h1-18,21H,19-20,22H2,(H,33,34). The number of rotatable bonds is 8. The lowest BCUT2D eigenvalue weighted by atomic mass is 9.92. The van der Waals surface area contributed by atoms with Gasteiger partial charge in [-0.2, -0.15) is 0 Å². The van der Waals surface area contributed by atoms with Gasteiger partial charge in [0.05, 0.1) is 0 Å². The number of aliphatic carboxylic acids is 1. The van der Waals surface area contributed by atoms with E-state index in [1.165, 1.54) is 33.0 Å². The van der Waals surface area contributed by atoms with Gasteiger partial charge in [-0.15, -0.1) is 0 Å². The van der Waals surface area contributed by atoms with Crippen molar-refractivity contribution in [1.82, 2.24) is 0 Å². The molecular formula is C32H26O3. The van der Waals surface area contributed by atoms with Gasteiger partial charge >= 0.3 is 5.97 Å². The first kappa shape index (κ1) is 22.4. The molecule has 0 spiro atoms. The average Bonchev–Trinajstić information content (AvgIpc) is 2.89. The fourth-order valence-corrected chi connectivity index (χ4v) is 4.59. The summed E-state index contributed by atoms with van der Waals surface area (Å²) in [6.07, 6.45) is 1.48. The van der Waals surface area contributed by atoms with Crippen LogP contribution in [0.3, 0.4) is 0 Å². The molecule has 0 heterocycles. The average molecular weight is 459 g/mol. The summed E-state index contributed by atoms with van der Waals surface area (Å²) in [5.74, 6) is -0.386. The van der Waals surface area contributed by atoms with Crippen molar-refractivity contribution in [2.24, 2.45) is 0 Å². The molecule has 0 saturated carbocycles. The molecule has 0 bridgehead atoms. The maximum Gasteiger partial charge on any atom is 0.341 e. The largest absolute Gasteiger partial charge is 0.482 e. The molecular weight excluding hydrogens is 432 g/mol. The van der Waals surface area contributed by atoms with E-state index in [0.717, 1.165) is 17.5 Å². The third-order valence-corrected chi connectivity index (χ3v) is 6.24. The van der Waals surface area contributed by atoms with Gasteiger partial charge in [0.1, 0.15) is 5.75 Å². The minimum atomic E-state index is -0.988. The Morgan fingerprint density at radius 3 is 2.23 bits per heavy atom. The van der Waals surface area contributed by atoms with Gasteiger partial charge in [-0.25, -0.2) is 4.79 Å². The van der Waals surface area contributed by atoms with Gasteiger partial charge in [0, 0.05) is 6.42 Å². The second-order valence-electron chi connectivity index (χ2n) is 8.64. The fraction of sp³-hybridized carbons (Fsp3) is 0.0938. The summed E-state index contributed by atoms with van der Waals surface area (Å²) < 4.78 is 5.70. The van der Waals surface area contributed by atoms with Gasteiger partial charge in [0.15, 0.2) is 6.61 Å². The molecule has 3 heteroatoms. The smallest absolute Gasteiger partial charge is 0.341 e. The summed E-state index contributed by atoms with van der Waals surface area (Å²) in [7, 11) is 0. The second kappa shape index (κ2) is 10.3. The van der Waals surface area contributed by atoms with Gasteiger partial charge in [0.25, 0.3) is 0 Å². The van der Waals surface area contributed by atoms with Crippen molar-refractivity contribution < 1.29 is 14.6 Å². The lowest BCUT2D eigenvalue weighted by Crippen LogP contribution is -2.10. The van der Waals surface area contributed by atoms with Crippen molar-refractivity contribution in [3.05, 3.63) is 138 Å². The van der Waals surface area contributed by atoms with Crippen LogP contribution < -0.4 is 4.74 Å². The van der Waals surface area contributed by atoms with Crippen LogP contribution in [0.1, 0.15) is 22.3 Å². The summed E-state index contributed by atoms with van der Waals surface area (Å²) in [5, 5.41) is 11.6. The molecule has 0 unspecified atom stereocenters. The van der Waals surface area contributed by atoms with Gasteiger partial charge in [-0.05, 0) is 62.7 Å². The summed E-state index contributed by atoms with van der Waals surface area (Å²) in [4.78, 5) is 11.2. The van der Waals surface area contributed by atoms with Gasteiger partial charge in [-0.1, -0.05) is 103 Å². The minimum Gasteiger partial charge on any atom is -0.482 e. The molecule has 5 rings (SSSR count). The van der Waals surface area contributed by atoms with E-state index >= 15 is 0 Å². The Kier molecular flexibility index (Phi) is 6.58. The Hall–Kier alpha value is -4.37. The molecule has 0 aliphatic rings. The van der Waals surface area contributed by atoms with Crippen molar-refractivity contribution >= 4 is 16.7 Å². The number of hydrogen-bond donors (Lipinski definition) is 1. The number of carboxylic acids is 1. The van der Waals surface area contributed by atoms with E-state index in [0.29, 0.717) is 12.2 Å². The third kappa shape index (κ3) is 5.25. The highest BCUT2D eigenvalue weighted by Crippen LogP contribution is 2.33. The van der Waals surface area contributed by atoms with E-state index in [1.807, 2.05) is 30.3 Å². The number of ether oxygens (including phenoxy) is 1. The van der Waals surface area contributed by atoms with Gasteiger partial charge < -0.3 is 9.84 Å². The number of benzene rings is 5. The third-order valence-electron chi connectivity index (χ3n) is 6.24. The van der Waals surface area contributed by atoms with E-state index in [4.69, 9.17) is 4.74 Å². The summed E-state index contributed by atoms with van der Waals surface area (Å²) in [5.41, 5.74) is 6.91. The molecule has 5 aromatic rings. The second-order valence-corrected chi connectivity index (χ2v) is 8.64. The van der Waals surface area contributed by atoms with E-state index < -0.39 is 5.97 Å². The molecule has 0 saturated heterocycles. The predicted molar refractivity (Wildman–Crippen MR) is 141 cm³/mol. The van der Waals surface area contributed by atoms with E-state index in [2.05, 4.69) is 84.9 Å². The quantitative estimate of drug-likeness (QED) is 0.268. The molecule has 0 aromatic heterocycles. The van der Waals surface area contributed by atoms with E-state index in [1.54, 1.807) is 0 Å². The molecule has 0 aliphatic heterocycles. The highest BCUT2D eigenvalue weighted by atomic mass is 16.5. The first-order chi connectivity index (χ1) is 17.2. The minimum absolute atomic E-state index is 0.369. The lowest BCUT2D eigenvalue weighted by molar-refractivity contribution is -0.139. The molecule has 0 radical (unpaired) electrons. The Balaban J connectivity index is 1.56. The first-order valence-corrected chi connectivity index (χ1v) is 11.7. The zero-order valence-electron chi connectivity index (χ0n) is 19.4. The molecule has 0 aliphatic carbocycles. The molecule has 0 amide bonds. The Morgan fingerprint density at radius 1 is 0.657 bits per heavy atom. The molecule has 0 fully saturated rings. The van der Waals surface area contributed by atoms with E-state index in [9.17, 15) is 9.90 Å². The Bertz CT molecular complexity index is 1470. The fourth-order valence-electron chi connectivity index (χ4n) is 4.59. The zero-order chi connectivity index (χ0) is 24.0. The monoisotopic (exact) mass is 458 g/mol. The van der Waals surface area contributed by atoms with Crippen molar-refractivity contribution in [2.45, 2.75) is 12.8 Å². The van der Waals surface area contributed by atoms with Crippen molar-refractivity contribution in [1.29, 1.82) is 0 Å². The number of fused-ring (bicyclic) bond motifs is 1. The van der Waals surface area contributed by atoms with Crippen LogP contribution in [0.25, 0.3) is 21.9 Å². The maximum absolute atomic E-state index is 11.2. The summed E-state index contributed by atoms with van der Waals surface area (Å²) >= 11 is 0. The number of carboxylic acid groups (broad SMARTS) is 1. The zero-order valence-corrected chi connectivity index (χ0v) is 19.4. The first-order valence-electron chi connectivity index (χ1n) is 11.7. The molecule has 35 heavy (non-hydrogen) atoms. The van der Waals surface area contributed by atoms with Crippen molar-refractivity contribution in [3.63, 3.8) is 0 Å². The Labute approximate surface area is 205 Å². The SMILES string of the molecule is O=C(O)COc1ccc(-c2ccccc2Cc2ccccc2)cc1Cc1cccc2ccccc12. The van der Waals surface area contributed by atoms with Crippen LogP contribution in [-0.2, 0) is 17.6 Å². The summed E-state index contributed by atoms with van der Waals surface area (Å²) in [6, 6.07) is 39.6. The van der Waals surface area contributed by atoms with Crippen LogP contribution >= 0.6 is 0 Å². The van der Waals surface area contributed by atoms with E-state index in [-0.39, 0.29) is 6.61 Å². The van der Waals surface area contributed by atoms with Crippen LogP contribution in [0.4, 0.5) is 0 Å². The van der Waals surface area contributed by atoms with Crippen LogP contribution in [-0.4, -0.2) is 17.7 Å². The highest BCUT2D eigenvalue weighted by molar-refractivity contribution is 5.86. The topological polar surface area (TPSA) is 46.5 Å². The van der Waals surface area contributed by atoms with Crippen LogP contribution in [0.5, 0.6) is 5.75 Å². The maximum atomic E-state index is 11.2. The normalized spacial score (nSPS) is 10.9. The van der Waals surface area contributed by atoms with Gasteiger partial charge in [0.2, 0.25) is 0 Å². The van der Waals surface area contributed by atoms with Crippen molar-refractivity contribution in [3.8, 4) is 16.9 Å². The number of hydrogen-bond acceptors (Lipinski definition) is 2.